The number of carbonyl (C=O) groups excluding carboxylic acids is 1. The first-order valence-electron chi connectivity index (χ1n) is 4.78. The van der Waals surface area contributed by atoms with E-state index in [0.29, 0.717) is 6.54 Å². The first kappa shape index (κ1) is 11.7. The number of nitriles is 1. The van der Waals surface area contributed by atoms with Crippen LogP contribution in [0.3, 0.4) is 0 Å². The number of carbonyl (C=O) groups is 1. The third-order valence-electron chi connectivity index (χ3n) is 2.24. The molecule has 0 radical (unpaired) electrons. The van der Waals surface area contributed by atoms with Crippen molar-refractivity contribution >= 4 is 17.2 Å². The van der Waals surface area contributed by atoms with Gasteiger partial charge in [0.15, 0.2) is 0 Å². The van der Waals surface area contributed by atoms with Crippen LogP contribution in [0.2, 0.25) is 0 Å². The maximum Gasteiger partial charge on any atom is 0.237 e. The zero-order valence-electron chi connectivity index (χ0n) is 9.13. The Morgan fingerprint density at radius 3 is 2.80 bits per heavy atom. The molecule has 0 aliphatic carbocycles. The number of nitrogens with one attached hydrogen (secondary N) is 1. The third kappa shape index (κ3) is 3.07. The molecule has 0 saturated heterocycles. The number of rotatable bonds is 3. The maximum absolute atomic E-state index is 11.3. The van der Waals surface area contributed by atoms with Crippen molar-refractivity contribution in [3.63, 3.8) is 0 Å². The first-order valence-corrected chi connectivity index (χ1v) is 5.59. The summed E-state index contributed by atoms with van der Waals surface area (Å²) >= 11 is 1.68. The van der Waals surface area contributed by atoms with E-state index in [0.717, 1.165) is 4.88 Å². The molecular formula is C11H14N2OS. The van der Waals surface area contributed by atoms with Gasteiger partial charge in [0.1, 0.15) is 5.92 Å². The van der Waals surface area contributed by atoms with Crippen LogP contribution in [-0.4, -0.2) is 5.91 Å². The lowest BCUT2D eigenvalue weighted by Crippen LogP contribution is -2.27. The summed E-state index contributed by atoms with van der Waals surface area (Å²) in [7, 11) is 0. The molecular weight excluding hydrogens is 208 g/mol. The van der Waals surface area contributed by atoms with E-state index in [1.165, 1.54) is 10.4 Å². The zero-order valence-corrected chi connectivity index (χ0v) is 9.94. The molecule has 15 heavy (non-hydrogen) atoms. The quantitative estimate of drug-likeness (QED) is 0.851. The van der Waals surface area contributed by atoms with Crippen LogP contribution in [0.4, 0.5) is 0 Å². The van der Waals surface area contributed by atoms with Crippen molar-refractivity contribution < 1.29 is 4.79 Å². The van der Waals surface area contributed by atoms with Gasteiger partial charge < -0.3 is 5.32 Å². The number of thiophene rings is 1. The van der Waals surface area contributed by atoms with Crippen LogP contribution in [0.5, 0.6) is 0 Å². The minimum atomic E-state index is -0.577. The lowest BCUT2D eigenvalue weighted by molar-refractivity contribution is -0.123. The molecule has 4 heteroatoms. The van der Waals surface area contributed by atoms with Crippen LogP contribution in [0.1, 0.15) is 22.2 Å². The van der Waals surface area contributed by atoms with Crippen molar-refractivity contribution in [3.05, 3.63) is 21.4 Å². The van der Waals surface area contributed by atoms with Gasteiger partial charge in [0.05, 0.1) is 12.6 Å². The van der Waals surface area contributed by atoms with Gasteiger partial charge in [-0.25, -0.2) is 0 Å². The highest BCUT2D eigenvalue weighted by atomic mass is 32.1. The molecule has 0 aliphatic rings. The molecule has 0 bridgehead atoms. The predicted molar refractivity (Wildman–Crippen MR) is 60.4 cm³/mol. The normalized spacial score (nSPS) is 11.9. The van der Waals surface area contributed by atoms with Gasteiger partial charge in [-0.15, -0.1) is 11.3 Å². The first-order chi connectivity index (χ1) is 7.04. The van der Waals surface area contributed by atoms with E-state index >= 15 is 0 Å². The van der Waals surface area contributed by atoms with Crippen LogP contribution in [0, 0.1) is 31.1 Å². The molecule has 80 valence electrons. The van der Waals surface area contributed by atoms with Gasteiger partial charge in [-0.2, -0.15) is 5.26 Å². The molecule has 0 saturated carbocycles. The molecule has 1 N–H and O–H groups in total. The van der Waals surface area contributed by atoms with Crippen molar-refractivity contribution in [2.45, 2.75) is 27.3 Å². The minimum Gasteiger partial charge on any atom is -0.350 e. The third-order valence-corrected chi connectivity index (χ3v) is 3.39. The average molecular weight is 222 g/mol. The summed E-state index contributed by atoms with van der Waals surface area (Å²) in [5.41, 5.74) is 1.25. The van der Waals surface area contributed by atoms with Gasteiger partial charge >= 0.3 is 0 Å². The molecule has 0 aliphatic heterocycles. The summed E-state index contributed by atoms with van der Waals surface area (Å²) in [6.45, 7) is 6.22. The smallest absolute Gasteiger partial charge is 0.237 e. The Kier molecular flexibility index (Phi) is 3.87. The molecule has 0 spiro atoms. The van der Waals surface area contributed by atoms with Crippen LogP contribution >= 0.6 is 11.3 Å². The number of nitrogens with zero attached hydrogens (tertiary/aromatic N) is 1. The lowest BCUT2D eigenvalue weighted by Gasteiger charge is -2.03. The second-order valence-corrected chi connectivity index (χ2v) is 4.86. The van der Waals surface area contributed by atoms with E-state index in [1.807, 2.05) is 6.07 Å². The highest BCUT2D eigenvalue weighted by Crippen LogP contribution is 2.20. The zero-order chi connectivity index (χ0) is 11.4. The van der Waals surface area contributed by atoms with E-state index in [2.05, 4.69) is 25.2 Å². The molecule has 0 aromatic carbocycles. The van der Waals surface area contributed by atoms with Gasteiger partial charge in [-0.05, 0) is 32.4 Å². The predicted octanol–water partition coefficient (Wildman–Crippen LogP) is 2.14. The Hall–Kier alpha value is -1.34. The fourth-order valence-electron chi connectivity index (χ4n) is 1.12. The molecule has 1 rings (SSSR count). The summed E-state index contributed by atoms with van der Waals surface area (Å²) in [6.07, 6.45) is 0. The van der Waals surface area contributed by atoms with Crippen molar-refractivity contribution in [3.8, 4) is 6.07 Å². The summed E-state index contributed by atoms with van der Waals surface area (Å²) < 4.78 is 0. The highest BCUT2D eigenvalue weighted by Gasteiger charge is 2.11. The number of amides is 1. The molecule has 1 amide bonds. The average Bonchev–Trinajstić information content (AvgIpc) is 2.54. The SMILES string of the molecule is Cc1cc(CNC(=O)C(C)C#N)sc1C. The second-order valence-electron chi connectivity index (χ2n) is 3.52. The second kappa shape index (κ2) is 4.94. The standard InChI is InChI=1S/C11H14N2OS/c1-7-4-10(15-9(7)3)6-13-11(14)8(2)5-12/h4,8H,6H2,1-3H3,(H,13,14). The Labute approximate surface area is 93.7 Å². The van der Waals surface area contributed by atoms with Gasteiger partial charge in [0.25, 0.3) is 0 Å². The van der Waals surface area contributed by atoms with Gasteiger partial charge in [-0.3, -0.25) is 4.79 Å². The van der Waals surface area contributed by atoms with E-state index < -0.39 is 5.92 Å². The van der Waals surface area contributed by atoms with Crippen molar-refractivity contribution in [2.24, 2.45) is 5.92 Å². The van der Waals surface area contributed by atoms with Crippen LogP contribution in [0.25, 0.3) is 0 Å². The molecule has 1 aromatic heterocycles. The lowest BCUT2D eigenvalue weighted by atomic mass is 10.2. The molecule has 1 heterocycles. The van der Waals surface area contributed by atoms with Crippen molar-refractivity contribution in [1.82, 2.24) is 5.32 Å². The molecule has 0 fully saturated rings. The summed E-state index contributed by atoms with van der Waals surface area (Å²) in [4.78, 5) is 13.7. The number of hydrogen-bond acceptors (Lipinski definition) is 3. The Morgan fingerprint density at radius 1 is 1.67 bits per heavy atom. The summed E-state index contributed by atoms with van der Waals surface area (Å²) in [6, 6.07) is 3.98. The minimum absolute atomic E-state index is 0.207. The maximum atomic E-state index is 11.3. The number of hydrogen-bond donors (Lipinski definition) is 1. The Morgan fingerprint density at radius 2 is 2.33 bits per heavy atom. The summed E-state index contributed by atoms with van der Waals surface area (Å²) in [5.74, 6) is -0.784. The van der Waals surface area contributed by atoms with Crippen LogP contribution in [-0.2, 0) is 11.3 Å². The van der Waals surface area contributed by atoms with Crippen LogP contribution < -0.4 is 5.32 Å². The van der Waals surface area contributed by atoms with Gasteiger partial charge in [-0.1, -0.05) is 0 Å². The fourth-order valence-corrected chi connectivity index (χ4v) is 2.12. The molecule has 3 nitrogen and oxygen atoms in total. The van der Waals surface area contributed by atoms with E-state index in [4.69, 9.17) is 5.26 Å². The Balaban J connectivity index is 2.51. The van der Waals surface area contributed by atoms with Gasteiger partial charge in [0.2, 0.25) is 5.91 Å². The van der Waals surface area contributed by atoms with E-state index in [-0.39, 0.29) is 5.91 Å². The number of aryl methyl sites for hydroxylation is 2. The fraction of sp³-hybridized carbons (Fsp3) is 0.455. The molecule has 1 atom stereocenters. The highest BCUT2D eigenvalue weighted by molar-refractivity contribution is 7.12. The van der Waals surface area contributed by atoms with Crippen molar-refractivity contribution in [2.75, 3.05) is 0 Å². The van der Waals surface area contributed by atoms with E-state index in [1.54, 1.807) is 18.3 Å². The molecule has 1 unspecified atom stereocenters. The van der Waals surface area contributed by atoms with Gasteiger partial charge in [0, 0.05) is 9.75 Å². The monoisotopic (exact) mass is 222 g/mol. The largest absolute Gasteiger partial charge is 0.350 e. The summed E-state index contributed by atoms with van der Waals surface area (Å²) in [5, 5.41) is 11.3. The van der Waals surface area contributed by atoms with Crippen molar-refractivity contribution in [1.29, 1.82) is 5.26 Å². The Bertz CT molecular complexity index is 384. The van der Waals surface area contributed by atoms with E-state index in [9.17, 15) is 4.79 Å². The van der Waals surface area contributed by atoms with Crippen LogP contribution in [0.15, 0.2) is 6.07 Å². The topological polar surface area (TPSA) is 52.9 Å². The molecule has 1 aromatic rings.